The zero-order valence-corrected chi connectivity index (χ0v) is 27.0. The van der Waals surface area contributed by atoms with E-state index in [-0.39, 0.29) is 0 Å². The first kappa shape index (κ1) is 27.8. The summed E-state index contributed by atoms with van der Waals surface area (Å²) in [6, 6.07) is 53.3. The molecule has 0 bridgehead atoms. The van der Waals surface area contributed by atoms with E-state index in [0.717, 1.165) is 27.9 Å². The molecule has 0 unspecified atom stereocenters. The van der Waals surface area contributed by atoms with Crippen LogP contribution in [0.4, 0.5) is 0 Å². The smallest absolute Gasteiger partial charge is 0.165 e. The Bertz CT molecular complexity index is 2800. The monoisotopic (exact) mass is 642 g/mol. The van der Waals surface area contributed by atoms with Crippen molar-refractivity contribution in [2.75, 3.05) is 0 Å². The molecule has 0 aliphatic rings. The Morgan fingerprint density at radius 1 is 0.367 bits per heavy atom. The summed E-state index contributed by atoms with van der Waals surface area (Å²) < 4.78 is 2.65. The lowest BCUT2D eigenvalue weighted by molar-refractivity contribution is 1.07. The predicted molar refractivity (Wildman–Crippen MR) is 205 cm³/mol. The third-order valence-electron chi connectivity index (χ3n) is 9.33. The first-order valence-corrected chi connectivity index (χ1v) is 17.1. The highest BCUT2D eigenvalue weighted by atomic mass is 32.1. The Kier molecular flexibility index (Phi) is 6.32. The van der Waals surface area contributed by atoms with Gasteiger partial charge in [-0.25, -0.2) is 15.0 Å². The molecule has 0 aliphatic carbocycles. The standard InChI is InChI=1S/C44H26N4S/c1-3-9-28(10-4-1)42-46-43(29-11-5-2-6-12-29)48-44(47-42)33-20-22-38(45-26-33)32-19-21-34-30(23-32)17-15-27-16-18-31-24-37-35-13-7-8-14-39(35)49-40(37)25-36(31)41(27)34/h1-26H. The molecule has 7 aromatic carbocycles. The van der Waals surface area contributed by atoms with Gasteiger partial charge in [-0.2, -0.15) is 0 Å². The highest BCUT2D eigenvalue weighted by molar-refractivity contribution is 7.25. The normalized spacial score (nSPS) is 11.7. The summed E-state index contributed by atoms with van der Waals surface area (Å²) in [7, 11) is 0. The maximum Gasteiger partial charge on any atom is 0.165 e. The zero-order chi connectivity index (χ0) is 32.3. The van der Waals surface area contributed by atoms with Gasteiger partial charge in [0.1, 0.15) is 0 Å². The predicted octanol–water partition coefficient (Wildman–Crippen LogP) is 11.8. The van der Waals surface area contributed by atoms with Crippen LogP contribution in [0.1, 0.15) is 0 Å². The van der Waals surface area contributed by atoms with Gasteiger partial charge >= 0.3 is 0 Å². The number of rotatable bonds is 4. The van der Waals surface area contributed by atoms with Crippen LogP contribution in [0.15, 0.2) is 158 Å². The van der Waals surface area contributed by atoms with Crippen LogP contribution in [-0.2, 0) is 0 Å². The van der Waals surface area contributed by atoms with E-state index in [1.165, 1.54) is 52.5 Å². The van der Waals surface area contributed by atoms with Crippen LogP contribution in [0.3, 0.4) is 0 Å². The molecule has 0 saturated heterocycles. The Labute approximate surface area is 286 Å². The van der Waals surface area contributed by atoms with Gasteiger partial charge in [-0.1, -0.05) is 115 Å². The Morgan fingerprint density at radius 2 is 0.980 bits per heavy atom. The fraction of sp³-hybridized carbons (Fsp3) is 0. The number of fused-ring (bicyclic) bond motifs is 8. The quantitative estimate of drug-likeness (QED) is 0.179. The molecule has 0 atom stereocenters. The van der Waals surface area contributed by atoms with Gasteiger partial charge in [-0.05, 0) is 68.7 Å². The number of benzene rings is 7. The second-order valence-electron chi connectivity index (χ2n) is 12.3. The molecule has 0 spiro atoms. The Morgan fingerprint density at radius 3 is 1.67 bits per heavy atom. The summed E-state index contributed by atoms with van der Waals surface area (Å²) in [6.45, 7) is 0. The highest BCUT2D eigenvalue weighted by Gasteiger charge is 2.14. The Hall–Kier alpha value is -6.30. The third-order valence-corrected chi connectivity index (χ3v) is 10.5. The van der Waals surface area contributed by atoms with Crippen LogP contribution < -0.4 is 0 Å². The number of hydrogen-bond acceptors (Lipinski definition) is 5. The third kappa shape index (κ3) is 4.74. The highest BCUT2D eigenvalue weighted by Crippen LogP contribution is 2.40. The second-order valence-corrected chi connectivity index (χ2v) is 13.4. The van der Waals surface area contributed by atoms with Crippen LogP contribution >= 0.6 is 11.3 Å². The lowest BCUT2D eigenvalue weighted by Gasteiger charge is -2.11. The fourth-order valence-electron chi connectivity index (χ4n) is 6.90. The van der Waals surface area contributed by atoms with Gasteiger partial charge in [0.05, 0.1) is 5.69 Å². The molecule has 3 aromatic heterocycles. The number of nitrogens with zero attached hydrogens (tertiary/aromatic N) is 4. The van der Waals surface area contributed by atoms with Gasteiger partial charge in [0.25, 0.3) is 0 Å². The van der Waals surface area contributed by atoms with Gasteiger partial charge < -0.3 is 0 Å². The van der Waals surface area contributed by atoms with E-state index in [9.17, 15) is 0 Å². The van der Waals surface area contributed by atoms with Crippen molar-refractivity contribution in [3.8, 4) is 45.4 Å². The first-order chi connectivity index (χ1) is 24.2. The molecule has 0 amide bonds. The molecule has 10 aromatic rings. The summed E-state index contributed by atoms with van der Waals surface area (Å²) in [5, 5.41) is 10.2. The largest absolute Gasteiger partial charge is 0.255 e. The van der Waals surface area contributed by atoms with Crippen LogP contribution in [0.5, 0.6) is 0 Å². The van der Waals surface area contributed by atoms with Gasteiger partial charge in [0.2, 0.25) is 0 Å². The van der Waals surface area contributed by atoms with E-state index in [1.807, 2.05) is 78.2 Å². The molecule has 5 heteroatoms. The zero-order valence-electron chi connectivity index (χ0n) is 26.2. The van der Waals surface area contributed by atoms with E-state index in [2.05, 4.69) is 91.0 Å². The molecular weight excluding hydrogens is 617 g/mol. The molecule has 3 heterocycles. The summed E-state index contributed by atoms with van der Waals surface area (Å²) in [4.78, 5) is 19.5. The van der Waals surface area contributed by atoms with E-state index in [0.29, 0.717) is 17.5 Å². The topological polar surface area (TPSA) is 51.6 Å². The van der Waals surface area contributed by atoms with Crippen molar-refractivity contribution in [3.05, 3.63) is 158 Å². The number of pyridine rings is 1. The van der Waals surface area contributed by atoms with Crippen molar-refractivity contribution >= 4 is 63.8 Å². The van der Waals surface area contributed by atoms with Crippen LogP contribution in [0.2, 0.25) is 0 Å². The minimum atomic E-state index is 0.594. The van der Waals surface area contributed by atoms with E-state index in [4.69, 9.17) is 19.9 Å². The van der Waals surface area contributed by atoms with Crippen LogP contribution in [0, 0.1) is 0 Å². The number of aromatic nitrogens is 4. The SMILES string of the molecule is c1ccc(-c2nc(-c3ccccc3)nc(-c3ccc(-c4ccc5c(ccc6ccc7cc8c(cc7c65)sc5ccccc58)c4)nc3)n2)cc1. The summed E-state index contributed by atoms with van der Waals surface area (Å²) in [5.41, 5.74) is 4.69. The van der Waals surface area contributed by atoms with Gasteiger partial charge in [0.15, 0.2) is 17.5 Å². The molecule has 4 nitrogen and oxygen atoms in total. The molecule has 49 heavy (non-hydrogen) atoms. The van der Waals surface area contributed by atoms with Crippen molar-refractivity contribution in [2.24, 2.45) is 0 Å². The van der Waals surface area contributed by atoms with Crippen molar-refractivity contribution in [2.45, 2.75) is 0 Å². The Balaban J connectivity index is 1.05. The van der Waals surface area contributed by atoms with Crippen molar-refractivity contribution in [1.82, 2.24) is 19.9 Å². The van der Waals surface area contributed by atoms with Gasteiger partial charge in [-0.15, -0.1) is 11.3 Å². The minimum Gasteiger partial charge on any atom is -0.255 e. The number of thiophene rings is 1. The molecule has 228 valence electrons. The molecule has 0 radical (unpaired) electrons. The lowest BCUT2D eigenvalue weighted by atomic mass is 9.94. The van der Waals surface area contributed by atoms with E-state index in [1.54, 1.807) is 0 Å². The summed E-state index contributed by atoms with van der Waals surface area (Å²) in [6.07, 6.45) is 1.86. The van der Waals surface area contributed by atoms with Crippen LogP contribution in [-0.4, -0.2) is 19.9 Å². The lowest BCUT2D eigenvalue weighted by Crippen LogP contribution is -2.00. The second kappa shape index (κ2) is 11.2. The average Bonchev–Trinajstić information content (AvgIpc) is 3.54. The van der Waals surface area contributed by atoms with E-state index < -0.39 is 0 Å². The first-order valence-electron chi connectivity index (χ1n) is 16.3. The molecule has 0 N–H and O–H groups in total. The molecule has 10 rings (SSSR count). The van der Waals surface area contributed by atoms with Crippen molar-refractivity contribution in [3.63, 3.8) is 0 Å². The number of hydrogen-bond donors (Lipinski definition) is 0. The summed E-state index contributed by atoms with van der Waals surface area (Å²) >= 11 is 1.87. The molecule has 0 fully saturated rings. The maximum atomic E-state index is 4.91. The van der Waals surface area contributed by atoms with Gasteiger partial charge in [-0.3, -0.25) is 4.98 Å². The van der Waals surface area contributed by atoms with Crippen molar-refractivity contribution in [1.29, 1.82) is 0 Å². The average molecular weight is 643 g/mol. The molecule has 0 aliphatic heterocycles. The summed E-state index contributed by atoms with van der Waals surface area (Å²) in [5.74, 6) is 1.86. The molecule has 0 saturated carbocycles. The van der Waals surface area contributed by atoms with Gasteiger partial charge in [0, 0.05) is 48.6 Å². The van der Waals surface area contributed by atoms with Crippen LogP contribution in [0.25, 0.3) is 97.9 Å². The maximum absolute atomic E-state index is 4.91. The van der Waals surface area contributed by atoms with E-state index >= 15 is 0 Å². The fourth-order valence-corrected chi connectivity index (χ4v) is 8.03. The minimum absolute atomic E-state index is 0.594. The molecular formula is C44H26N4S. The van der Waals surface area contributed by atoms with Crippen molar-refractivity contribution < 1.29 is 0 Å².